The lowest BCUT2D eigenvalue weighted by molar-refractivity contribution is 0.0456. The number of rotatable bonds is 4. The maximum Gasteiger partial charge on any atom is 0.338 e. The van der Waals surface area contributed by atoms with Gasteiger partial charge in [0.15, 0.2) is 12.4 Å². The Bertz CT molecular complexity index is 857. The Morgan fingerprint density at radius 2 is 2.21 bits per heavy atom. The number of aryl methyl sites for hydroxylation is 1. The standard InChI is InChI=1S/C15H15N7O2/c23-15(11-4-3-5-12(8-11)22-10-16-19-20-22)24-9-14-18-17-13-6-1-2-7-21(13)14/h3-5,8,10H,1-2,6-7,9H2. The summed E-state index contributed by atoms with van der Waals surface area (Å²) < 4.78 is 8.90. The smallest absolute Gasteiger partial charge is 0.338 e. The van der Waals surface area contributed by atoms with Crippen LogP contribution in [0.25, 0.3) is 5.69 Å². The number of hydrogen-bond acceptors (Lipinski definition) is 7. The van der Waals surface area contributed by atoms with Crippen molar-refractivity contribution in [1.82, 2.24) is 35.0 Å². The van der Waals surface area contributed by atoms with Gasteiger partial charge in [0.25, 0.3) is 0 Å². The predicted molar refractivity (Wildman–Crippen MR) is 81.2 cm³/mol. The fraction of sp³-hybridized carbons (Fsp3) is 0.333. The number of carbonyl (C=O) groups excluding carboxylic acids is 1. The van der Waals surface area contributed by atoms with E-state index in [-0.39, 0.29) is 6.61 Å². The maximum absolute atomic E-state index is 12.3. The van der Waals surface area contributed by atoms with Crippen LogP contribution in [-0.4, -0.2) is 40.9 Å². The molecule has 0 fully saturated rings. The highest BCUT2D eigenvalue weighted by atomic mass is 16.5. The number of benzene rings is 1. The molecule has 3 aromatic rings. The fourth-order valence-electron chi connectivity index (χ4n) is 2.74. The lowest BCUT2D eigenvalue weighted by Crippen LogP contribution is -2.15. The van der Waals surface area contributed by atoms with E-state index in [1.807, 2.05) is 10.6 Å². The molecule has 3 heterocycles. The van der Waals surface area contributed by atoms with Crippen LogP contribution in [0.2, 0.25) is 0 Å². The molecule has 1 aliphatic rings. The van der Waals surface area contributed by atoms with Gasteiger partial charge in [-0.05, 0) is 41.5 Å². The number of carbonyl (C=O) groups is 1. The SMILES string of the molecule is O=C(OCc1nnc2n1CCCC2)c1cccc(-n2cnnn2)c1. The summed E-state index contributed by atoms with van der Waals surface area (Å²) in [6, 6.07) is 6.93. The summed E-state index contributed by atoms with van der Waals surface area (Å²) in [4.78, 5) is 12.3. The van der Waals surface area contributed by atoms with E-state index in [9.17, 15) is 4.79 Å². The Kier molecular flexibility index (Phi) is 3.73. The van der Waals surface area contributed by atoms with E-state index in [0.717, 1.165) is 31.6 Å². The highest BCUT2D eigenvalue weighted by Crippen LogP contribution is 2.16. The van der Waals surface area contributed by atoms with Gasteiger partial charge in [0.1, 0.15) is 12.2 Å². The van der Waals surface area contributed by atoms with Gasteiger partial charge in [0, 0.05) is 13.0 Å². The Balaban J connectivity index is 1.47. The molecular formula is C15H15N7O2. The Morgan fingerprint density at radius 1 is 1.25 bits per heavy atom. The van der Waals surface area contributed by atoms with Gasteiger partial charge in [0.2, 0.25) is 0 Å². The van der Waals surface area contributed by atoms with Crippen LogP contribution in [0.5, 0.6) is 0 Å². The minimum absolute atomic E-state index is 0.112. The first-order valence-electron chi connectivity index (χ1n) is 7.73. The molecular weight excluding hydrogens is 310 g/mol. The second-order valence-corrected chi connectivity index (χ2v) is 5.52. The summed E-state index contributed by atoms with van der Waals surface area (Å²) in [6.45, 7) is 0.991. The average molecular weight is 325 g/mol. The molecule has 122 valence electrons. The molecule has 0 aliphatic carbocycles. The van der Waals surface area contributed by atoms with Crippen molar-refractivity contribution >= 4 is 5.97 Å². The van der Waals surface area contributed by atoms with E-state index in [0.29, 0.717) is 17.1 Å². The zero-order chi connectivity index (χ0) is 16.4. The van der Waals surface area contributed by atoms with Gasteiger partial charge in [-0.25, -0.2) is 9.48 Å². The van der Waals surface area contributed by atoms with Gasteiger partial charge >= 0.3 is 5.97 Å². The zero-order valence-electron chi connectivity index (χ0n) is 12.9. The van der Waals surface area contributed by atoms with Crippen molar-refractivity contribution in [3.8, 4) is 5.69 Å². The maximum atomic E-state index is 12.3. The highest BCUT2D eigenvalue weighted by molar-refractivity contribution is 5.90. The number of tetrazole rings is 1. The van der Waals surface area contributed by atoms with Crippen LogP contribution in [0.15, 0.2) is 30.6 Å². The molecule has 0 spiro atoms. The van der Waals surface area contributed by atoms with Crippen molar-refractivity contribution in [2.45, 2.75) is 32.4 Å². The third-order valence-electron chi connectivity index (χ3n) is 3.96. The summed E-state index contributed by atoms with van der Waals surface area (Å²) in [5.74, 6) is 1.24. The number of aromatic nitrogens is 7. The van der Waals surface area contributed by atoms with Gasteiger partial charge < -0.3 is 9.30 Å². The van der Waals surface area contributed by atoms with Crippen molar-refractivity contribution in [3.63, 3.8) is 0 Å². The monoisotopic (exact) mass is 325 g/mol. The molecule has 2 aromatic heterocycles. The molecule has 0 unspecified atom stereocenters. The van der Waals surface area contributed by atoms with Crippen LogP contribution < -0.4 is 0 Å². The van der Waals surface area contributed by atoms with Gasteiger partial charge in [-0.15, -0.1) is 15.3 Å². The van der Waals surface area contributed by atoms with E-state index in [1.54, 1.807) is 18.2 Å². The average Bonchev–Trinajstić information content (AvgIpc) is 3.30. The first kappa shape index (κ1) is 14.5. The summed E-state index contributed by atoms with van der Waals surface area (Å²) in [7, 11) is 0. The third-order valence-corrected chi connectivity index (χ3v) is 3.96. The van der Waals surface area contributed by atoms with Crippen LogP contribution in [0.4, 0.5) is 0 Å². The molecule has 0 atom stereocenters. The summed E-state index contributed by atoms with van der Waals surface area (Å²) in [6.07, 6.45) is 4.61. The lowest BCUT2D eigenvalue weighted by atomic mass is 10.2. The van der Waals surface area contributed by atoms with Crippen molar-refractivity contribution < 1.29 is 9.53 Å². The Hall–Kier alpha value is -3.10. The number of fused-ring (bicyclic) bond motifs is 1. The largest absolute Gasteiger partial charge is 0.454 e. The Morgan fingerprint density at radius 3 is 3.08 bits per heavy atom. The van der Waals surface area contributed by atoms with Crippen molar-refractivity contribution in [3.05, 3.63) is 47.8 Å². The first-order chi connectivity index (χ1) is 11.8. The molecule has 0 amide bonds. The topological polar surface area (TPSA) is 101 Å². The quantitative estimate of drug-likeness (QED) is 0.658. The van der Waals surface area contributed by atoms with Crippen LogP contribution in [0.1, 0.15) is 34.8 Å². The van der Waals surface area contributed by atoms with Gasteiger partial charge in [-0.2, -0.15) is 0 Å². The molecule has 9 nitrogen and oxygen atoms in total. The van der Waals surface area contributed by atoms with Gasteiger partial charge in [0.05, 0.1) is 11.3 Å². The second kappa shape index (κ2) is 6.19. The number of ether oxygens (including phenoxy) is 1. The molecule has 24 heavy (non-hydrogen) atoms. The van der Waals surface area contributed by atoms with E-state index in [2.05, 4.69) is 25.7 Å². The normalized spacial score (nSPS) is 13.5. The van der Waals surface area contributed by atoms with Crippen LogP contribution in [-0.2, 0) is 24.3 Å². The van der Waals surface area contributed by atoms with Crippen LogP contribution >= 0.6 is 0 Å². The zero-order valence-corrected chi connectivity index (χ0v) is 12.9. The van der Waals surface area contributed by atoms with Crippen LogP contribution in [0.3, 0.4) is 0 Å². The first-order valence-corrected chi connectivity index (χ1v) is 7.73. The number of hydrogen-bond donors (Lipinski definition) is 0. The second-order valence-electron chi connectivity index (χ2n) is 5.52. The number of nitrogens with zero attached hydrogens (tertiary/aromatic N) is 7. The molecule has 1 aliphatic heterocycles. The van der Waals surface area contributed by atoms with E-state index < -0.39 is 5.97 Å². The fourth-order valence-corrected chi connectivity index (χ4v) is 2.74. The lowest BCUT2D eigenvalue weighted by Gasteiger charge is -2.14. The molecule has 9 heteroatoms. The van der Waals surface area contributed by atoms with E-state index in [4.69, 9.17) is 4.74 Å². The van der Waals surface area contributed by atoms with Crippen molar-refractivity contribution in [1.29, 1.82) is 0 Å². The number of esters is 1. The molecule has 4 rings (SSSR count). The van der Waals surface area contributed by atoms with E-state index in [1.165, 1.54) is 11.0 Å². The third kappa shape index (κ3) is 2.75. The Labute approximate surface area is 137 Å². The molecule has 0 saturated heterocycles. The van der Waals surface area contributed by atoms with Crippen molar-refractivity contribution in [2.24, 2.45) is 0 Å². The summed E-state index contributed by atoms with van der Waals surface area (Å²) in [5, 5.41) is 19.2. The molecule has 0 N–H and O–H groups in total. The van der Waals surface area contributed by atoms with Gasteiger partial charge in [-0.3, -0.25) is 0 Å². The predicted octanol–water partition coefficient (Wildman–Crippen LogP) is 0.947. The van der Waals surface area contributed by atoms with E-state index >= 15 is 0 Å². The molecule has 0 saturated carbocycles. The summed E-state index contributed by atoms with van der Waals surface area (Å²) in [5.41, 5.74) is 1.12. The molecule has 0 bridgehead atoms. The van der Waals surface area contributed by atoms with Gasteiger partial charge in [-0.1, -0.05) is 6.07 Å². The minimum Gasteiger partial charge on any atom is -0.454 e. The molecule has 0 radical (unpaired) electrons. The highest BCUT2D eigenvalue weighted by Gasteiger charge is 2.17. The minimum atomic E-state index is -0.418. The molecule has 1 aromatic carbocycles. The summed E-state index contributed by atoms with van der Waals surface area (Å²) >= 11 is 0. The van der Waals surface area contributed by atoms with Crippen molar-refractivity contribution in [2.75, 3.05) is 0 Å². The van der Waals surface area contributed by atoms with Crippen LogP contribution in [0, 0.1) is 0 Å².